The van der Waals surface area contributed by atoms with Crippen LogP contribution in [0.2, 0.25) is 0 Å². The third-order valence-electron chi connectivity index (χ3n) is 8.08. The van der Waals surface area contributed by atoms with Gasteiger partial charge in [-0.25, -0.2) is 22.8 Å². The van der Waals surface area contributed by atoms with Gasteiger partial charge in [0.25, 0.3) is 0 Å². The number of nitrogens with two attached hydrogens (primary N) is 1. The number of carbonyl (C=O) groups is 3. The van der Waals surface area contributed by atoms with Crippen molar-refractivity contribution >= 4 is 39.3 Å². The Balaban J connectivity index is 1.45. The van der Waals surface area contributed by atoms with E-state index < -0.39 is 121 Å². The molecule has 2 aromatic rings. The molecule has 22 nitrogen and oxygen atoms in total. The van der Waals surface area contributed by atoms with Gasteiger partial charge in [-0.1, -0.05) is 6.07 Å². The highest BCUT2D eigenvalue weighted by atomic mass is 32.2. The number of alkyl halides is 2. The van der Waals surface area contributed by atoms with Crippen molar-refractivity contribution in [2.75, 3.05) is 56.5 Å². The zero-order valence-corrected chi connectivity index (χ0v) is 29.9. The summed E-state index contributed by atoms with van der Waals surface area (Å²) in [4.78, 5) is 53.3. The molecule has 8 atom stereocenters. The van der Waals surface area contributed by atoms with Crippen LogP contribution in [0.4, 0.5) is 25.1 Å². The Bertz CT molecular complexity index is 1870. The maximum atomic E-state index is 14.9. The van der Waals surface area contributed by atoms with Gasteiger partial charge in [-0.3, -0.25) is 14.3 Å². The molecule has 25 heteroatoms. The fraction of sp³-hybridized carbons (Fsp3) is 0.567. The van der Waals surface area contributed by atoms with Gasteiger partial charge >= 0.3 is 23.7 Å². The molecule has 0 unspecified atom stereocenters. The number of carbonyl (C=O) groups excluding carboxylic acids is 2. The van der Waals surface area contributed by atoms with Crippen LogP contribution in [0.1, 0.15) is 11.8 Å². The van der Waals surface area contributed by atoms with Crippen LogP contribution in [-0.4, -0.2) is 161 Å². The zero-order chi connectivity index (χ0) is 40.8. The van der Waals surface area contributed by atoms with E-state index in [9.17, 15) is 61.9 Å². The first kappa shape index (κ1) is 43.1. The van der Waals surface area contributed by atoms with Crippen LogP contribution in [0.3, 0.4) is 0 Å². The normalized spacial score (nSPS) is 26.3. The van der Waals surface area contributed by atoms with Gasteiger partial charge in [-0.15, -0.1) is 0 Å². The lowest BCUT2D eigenvalue weighted by molar-refractivity contribution is -0.271. The highest BCUT2D eigenvalue weighted by Crippen LogP contribution is 2.42. The molecule has 2 aliphatic heterocycles. The average molecular weight is 811 g/mol. The fourth-order valence-electron chi connectivity index (χ4n) is 5.21. The fourth-order valence-corrected chi connectivity index (χ4v) is 5.76. The third kappa shape index (κ3) is 10.8. The number of sulfone groups is 1. The molecule has 55 heavy (non-hydrogen) atoms. The van der Waals surface area contributed by atoms with Crippen LogP contribution in [0.25, 0.3) is 0 Å². The molecule has 2 aliphatic rings. The van der Waals surface area contributed by atoms with Crippen molar-refractivity contribution in [1.82, 2.24) is 19.8 Å². The summed E-state index contributed by atoms with van der Waals surface area (Å²) in [5.41, 5.74) is 4.32. The lowest BCUT2D eigenvalue weighted by Gasteiger charge is -2.38. The summed E-state index contributed by atoms with van der Waals surface area (Å²) in [7, 11) is -2.17. The summed E-state index contributed by atoms with van der Waals surface area (Å²) in [5, 5.41) is 55.2. The van der Waals surface area contributed by atoms with Gasteiger partial charge in [0.15, 0.2) is 12.2 Å². The number of ether oxygens (including phenoxy) is 5. The molecular weight excluding hydrogens is 770 g/mol. The second-order valence-electron chi connectivity index (χ2n) is 12.4. The molecule has 1 aromatic heterocycles. The quantitative estimate of drug-likeness (QED) is 0.0774. The minimum absolute atomic E-state index is 0.100. The Kier molecular flexibility index (Phi) is 14.0. The standard InChI is InChI=1S/C30H40F2N6O16S/c1-34-10-19(39)35-15-9-14(3-4-16(15)52-26-22(42)20(40)21(41)23(54-26)25(44)45)11-51-29(47)37(7-8-55(2,48)49)13-50-12-17-24(43)30(31,32)27(53-17)38-6-5-18(33)36-28(38)46/h3-6,9,17,20-24,26-27,34,40-43H,7-8,10-13H2,1-2H3,(H,35,39)(H,44,45)(H2,33,36,46)/t17-,20-,21-,22+,23-,24-,26+,27-/m1/s1. The van der Waals surface area contributed by atoms with Crippen molar-refractivity contribution in [3.8, 4) is 5.75 Å². The first-order valence-electron chi connectivity index (χ1n) is 16.1. The molecule has 9 N–H and O–H groups in total. The molecule has 306 valence electrons. The summed E-state index contributed by atoms with van der Waals surface area (Å²) >= 11 is 0. The molecule has 0 saturated carbocycles. The summed E-state index contributed by atoms with van der Waals surface area (Å²) in [5.74, 6) is -7.28. The van der Waals surface area contributed by atoms with Crippen molar-refractivity contribution in [2.45, 2.75) is 61.7 Å². The lowest BCUT2D eigenvalue weighted by Crippen LogP contribution is -2.61. The van der Waals surface area contributed by atoms with Gasteiger partial charge in [0.05, 0.1) is 24.6 Å². The summed E-state index contributed by atoms with van der Waals surface area (Å²) < 4.78 is 80.6. The van der Waals surface area contributed by atoms with Gasteiger partial charge in [-0.05, 0) is 30.8 Å². The second-order valence-corrected chi connectivity index (χ2v) is 14.7. The highest BCUT2D eigenvalue weighted by molar-refractivity contribution is 7.90. The molecule has 0 aliphatic carbocycles. The van der Waals surface area contributed by atoms with E-state index in [1.54, 1.807) is 0 Å². The van der Waals surface area contributed by atoms with E-state index in [0.717, 1.165) is 23.4 Å². The van der Waals surface area contributed by atoms with E-state index in [1.807, 2.05) is 0 Å². The lowest BCUT2D eigenvalue weighted by atomic mass is 9.99. The van der Waals surface area contributed by atoms with E-state index in [-0.39, 0.29) is 29.4 Å². The zero-order valence-electron chi connectivity index (χ0n) is 29.1. The van der Waals surface area contributed by atoms with E-state index in [0.29, 0.717) is 4.57 Å². The van der Waals surface area contributed by atoms with Gasteiger partial charge in [-0.2, -0.15) is 13.8 Å². The van der Waals surface area contributed by atoms with E-state index in [1.165, 1.54) is 25.2 Å². The summed E-state index contributed by atoms with van der Waals surface area (Å²) in [6.45, 7) is -2.70. The highest BCUT2D eigenvalue weighted by Gasteiger charge is 2.59. The number of aliphatic hydroxyl groups excluding tert-OH is 4. The SMILES string of the molecule is CNCC(=O)Nc1cc(COC(=O)N(CCS(C)(=O)=O)COC[C@H]2O[C@@H](n3ccc(N)nc3=O)C(F)(F)[C@@H]2O)ccc1O[C@H]1O[C@@H](C(=O)O)[C@H](O)[C@@H](O)[C@@H]1O. The van der Waals surface area contributed by atoms with E-state index in [4.69, 9.17) is 29.4 Å². The van der Waals surface area contributed by atoms with Gasteiger partial charge in [0.2, 0.25) is 18.4 Å². The Morgan fingerprint density at radius 3 is 2.45 bits per heavy atom. The van der Waals surface area contributed by atoms with Crippen molar-refractivity contribution in [1.29, 1.82) is 0 Å². The molecule has 0 radical (unpaired) electrons. The number of carboxylic acids is 1. The summed E-state index contributed by atoms with van der Waals surface area (Å²) in [6.07, 6.45) is -15.6. The Labute approximate surface area is 310 Å². The van der Waals surface area contributed by atoms with Crippen molar-refractivity contribution < 1.29 is 80.8 Å². The van der Waals surface area contributed by atoms with Crippen molar-refractivity contribution in [2.24, 2.45) is 0 Å². The molecule has 2 fully saturated rings. The largest absolute Gasteiger partial charge is 0.479 e. The number of rotatable bonds is 16. The number of halogens is 2. The van der Waals surface area contributed by atoms with Gasteiger partial charge in [0.1, 0.15) is 59.2 Å². The average Bonchev–Trinajstić information content (AvgIpc) is 3.32. The Morgan fingerprint density at radius 2 is 1.82 bits per heavy atom. The molecule has 0 bridgehead atoms. The van der Waals surface area contributed by atoms with Crippen molar-refractivity contribution in [3.05, 3.63) is 46.5 Å². The molecule has 4 rings (SSSR count). The van der Waals surface area contributed by atoms with Crippen LogP contribution < -0.4 is 26.8 Å². The first-order valence-corrected chi connectivity index (χ1v) is 18.2. The Hall–Kier alpha value is -4.60. The number of anilines is 2. The topological polar surface area (TPSA) is 321 Å². The number of carboxylic acid groups (broad SMARTS) is 1. The maximum absolute atomic E-state index is 14.9. The predicted molar refractivity (Wildman–Crippen MR) is 179 cm³/mol. The predicted octanol–water partition coefficient (Wildman–Crippen LogP) is -3.19. The number of aromatic nitrogens is 2. The molecular formula is C30H40F2N6O16S. The summed E-state index contributed by atoms with van der Waals surface area (Å²) in [6, 6.07) is 4.87. The minimum atomic E-state index is -4.00. The molecule has 2 amide bonds. The smallest absolute Gasteiger partial charge is 0.411 e. The number of aliphatic carboxylic acids is 1. The number of amides is 2. The monoisotopic (exact) mass is 810 g/mol. The number of nitrogens with zero attached hydrogens (tertiary/aromatic N) is 3. The van der Waals surface area contributed by atoms with Crippen LogP contribution >= 0.6 is 0 Å². The Morgan fingerprint density at radius 1 is 1.11 bits per heavy atom. The van der Waals surface area contributed by atoms with Gasteiger partial charge in [0, 0.05) is 19.0 Å². The molecule has 2 saturated heterocycles. The molecule has 1 aromatic carbocycles. The first-order chi connectivity index (χ1) is 25.7. The number of nitrogens with one attached hydrogen (secondary N) is 2. The number of hydrogen-bond acceptors (Lipinski definition) is 18. The minimum Gasteiger partial charge on any atom is -0.479 e. The number of aliphatic hydroxyl groups is 4. The van der Waals surface area contributed by atoms with Crippen molar-refractivity contribution in [3.63, 3.8) is 0 Å². The van der Waals surface area contributed by atoms with E-state index in [2.05, 4.69) is 15.6 Å². The molecule has 3 heterocycles. The van der Waals surface area contributed by atoms with Crippen LogP contribution in [-0.2, 0) is 45.0 Å². The number of nitrogen functional groups attached to an aromatic ring is 1. The third-order valence-corrected chi connectivity index (χ3v) is 9.00. The van der Waals surface area contributed by atoms with Gasteiger partial charge < -0.3 is 65.6 Å². The number of hydrogen-bond donors (Lipinski definition) is 8. The van der Waals surface area contributed by atoms with Crippen LogP contribution in [0.5, 0.6) is 5.75 Å². The van der Waals surface area contributed by atoms with Crippen LogP contribution in [0, 0.1) is 0 Å². The van der Waals surface area contributed by atoms with Crippen LogP contribution in [0.15, 0.2) is 35.3 Å². The second kappa shape index (κ2) is 17.9. The van der Waals surface area contributed by atoms with E-state index >= 15 is 0 Å². The maximum Gasteiger partial charge on any atom is 0.411 e. The number of benzene rings is 1. The number of likely N-dealkylation sites (N-methyl/N-ethyl adjacent to an activating group) is 1. The molecule has 0 spiro atoms.